The Morgan fingerprint density at radius 3 is 2.62 bits per heavy atom. The van der Waals surface area contributed by atoms with Gasteiger partial charge in [0.2, 0.25) is 10.0 Å². The lowest BCUT2D eigenvalue weighted by Gasteiger charge is -2.05. The number of amides is 1. The molecule has 0 atom stereocenters. The van der Waals surface area contributed by atoms with E-state index >= 15 is 0 Å². The van der Waals surface area contributed by atoms with Gasteiger partial charge in [-0.3, -0.25) is 4.79 Å². The first-order valence-electron chi connectivity index (χ1n) is 4.46. The SMILES string of the molecule is CCNC(=O)c1cc(S(N)(=O)=O)ccc1F. The van der Waals surface area contributed by atoms with Gasteiger partial charge < -0.3 is 5.32 Å². The van der Waals surface area contributed by atoms with Crippen LogP contribution in [0.1, 0.15) is 17.3 Å². The molecule has 0 radical (unpaired) electrons. The molecule has 0 aliphatic carbocycles. The highest BCUT2D eigenvalue weighted by Gasteiger charge is 2.15. The van der Waals surface area contributed by atoms with E-state index < -0.39 is 21.7 Å². The van der Waals surface area contributed by atoms with Crippen molar-refractivity contribution >= 4 is 15.9 Å². The molecule has 0 heterocycles. The van der Waals surface area contributed by atoms with Crippen LogP contribution in [0.15, 0.2) is 23.1 Å². The van der Waals surface area contributed by atoms with Gasteiger partial charge in [0.05, 0.1) is 10.5 Å². The van der Waals surface area contributed by atoms with E-state index in [1.54, 1.807) is 6.92 Å². The van der Waals surface area contributed by atoms with E-state index in [0.717, 1.165) is 18.2 Å². The normalized spacial score (nSPS) is 11.2. The zero-order valence-corrected chi connectivity index (χ0v) is 9.34. The first-order valence-corrected chi connectivity index (χ1v) is 6.01. The van der Waals surface area contributed by atoms with Gasteiger partial charge in [0, 0.05) is 6.54 Å². The number of carbonyl (C=O) groups is 1. The Morgan fingerprint density at radius 1 is 1.50 bits per heavy atom. The number of hydrogen-bond donors (Lipinski definition) is 2. The van der Waals surface area contributed by atoms with Crippen LogP contribution in [0.5, 0.6) is 0 Å². The molecule has 0 bridgehead atoms. The molecule has 0 aliphatic heterocycles. The Morgan fingerprint density at radius 2 is 2.12 bits per heavy atom. The molecule has 0 aliphatic rings. The fourth-order valence-corrected chi connectivity index (χ4v) is 1.65. The third-order valence-corrected chi connectivity index (χ3v) is 2.76. The number of hydrogen-bond acceptors (Lipinski definition) is 3. The van der Waals surface area contributed by atoms with Gasteiger partial charge in [0.25, 0.3) is 5.91 Å². The van der Waals surface area contributed by atoms with Crippen molar-refractivity contribution in [3.63, 3.8) is 0 Å². The van der Waals surface area contributed by atoms with Gasteiger partial charge >= 0.3 is 0 Å². The molecule has 0 spiro atoms. The number of primary sulfonamides is 1. The van der Waals surface area contributed by atoms with Crippen LogP contribution in [0.3, 0.4) is 0 Å². The summed E-state index contributed by atoms with van der Waals surface area (Å²) in [6.45, 7) is 1.98. The van der Waals surface area contributed by atoms with Crippen molar-refractivity contribution in [3.8, 4) is 0 Å². The maximum Gasteiger partial charge on any atom is 0.254 e. The van der Waals surface area contributed by atoms with Gasteiger partial charge in [-0.1, -0.05) is 0 Å². The molecule has 1 aromatic carbocycles. The third-order valence-electron chi connectivity index (χ3n) is 1.85. The van der Waals surface area contributed by atoms with Crippen molar-refractivity contribution in [1.29, 1.82) is 0 Å². The predicted octanol–water partition coefficient (Wildman–Crippen LogP) is 0.223. The average Bonchev–Trinajstić information content (AvgIpc) is 2.16. The van der Waals surface area contributed by atoms with E-state index in [9.17, 15) is 17.6 Å². The third kappa shape index (κ3) is 2.77. The standard InChI is InChI=1S/C9H11FN2O3S/c1-2-12-9(13)7-5-6(16(11,14)15)3-4-8(7)10/h3-5H,2H2,1H3,(H,12,13)(H2,11,14,15). The smallest absolute Gasteiger partial charge is 0.254 e. The van der Waals surface area contributed by atoms with Gasteiger partial charge in [-0.05, 0) is 25.1 Å². The summed E-state index contributed by atoms with van der Waals surface area (Å²) < 4.78 is 35.2. The van der Waals surface area contributed by atoms with Crippen molar-refractivity contribution in [3.05, 3.63) is 29.6 Å². The molecule has 1 rings (SSSR count). The van der Waals surface area contributed by atoms with Crippen LogP contribution in [0.25, 0.3) is 0 Å². The molecule has 0 saturated heterocycles. The number of halogens is 1. The lowest BCUT2D eigenvalue weighted by molar-refractivity contribution is 0.0951. The minimum absolute atomic E-state index is 0.296. The van der Waals surface area contributed by atoms with Crippen LogP contribution in [0, 0.1) is 5.82 Å². The molecule has 7 heteroatoms. The number of nitrogens with one attached hydrogen (secondary N) is 1. The summed E-state index contributed by atoms with van der Waals surface area (Å²) in [6, 6.07) is 2.81. The van der Waals surface area contributed by atoms with Gasteiger partial charge in [-0.2, -0.15) is 0 Å². The number of sulfonamides is 1. The summed E-state index contributed by atoms with van der Waals surface area (Å²) in [5.74, 6) is -1.47. The molecule has 16 heavy (non-hydrogen) atoms. The van der Waals surface area contributed by atoms with Crippen molar-refractivity contribution in [2.24, 2.45) is 5.14 Å². The molecule has 1 amide bonds. The molecule has 0 fully saturated rings. The highest BCUT2D eigenvalue weighted by Crippen LogP contribution is 2.13. The number of rotatable bonds is 3. The Balaban J connectivity index is 3.24. The summed E-state index contributed by atoms with van der Waals surface area (Å²) in [6.07, 6.45) is 0. The van der Waals surface area contributed by atoms with Crippen LogP contribution in [-0.2, 0) is 10.0 Å². The highest BCUT2D eigenvalue weighted by atomic mass is 32.2. The Hall–Kier alpha value is -1.47. The van der Waals surface area contributed by atoms with E-state index in [2.05, 4.69) is 5.32 Å². The van der Waals surface area contributed by atoms with Crippen molar-refractivity contribution in [1.82, 2.24) is 5.32 Å². The fraction of sp³-hybridized carbons (Fsp3) is 0.222. The lowest BCUT2D eigenvalue weighted by atomic mass is 10.2. The molecule has 0 saturated carbocycles. The van der Waals surface area contributed by atoms with Crippen LogP contribution < -0.4 is 10.5 Å². The second-order valence-electron chi connectivity index (χ2n) is 3.05. The first-order chi connectivity index (χ1) is 7.36. The second-order valence-corrected chi connectivity index (χ2v) is 4.61. The highest BCUT2D eigenvalue weighted by molar-refractivity contribution is 7.89. The van der Waals surface area contributed by atoms with Crippen LogP contribution >= 0.6 is 0 Å². The zero-order valence-electron chi connectivity index (χ0n) is 8.53. The first kappa shape index (κ1) is 12.6. The largest absolute Gasteiger partial charge is 0.352 e. The molecule has 5 nitrogen and oxygen atoms in total. The van der Waals surface area contributed by atoms with E-state index in [4.69, 9.17) is 5.14 Å². The Labute approximate surface area is 92.5 Å². The van der Waals surface area contributed by atoms with Crippen molar-refractivity contribution in [2.45, 2.75) is 11.8 Å². The fourth-order valence-electron chi connectivity index (χ4n) is 1.11. The Bertz CT molecular complexity index is 513. The predicted molar refractivity (Wildman–Crippen MR) is 55.8 cm³/mol. The van der Waals surface area contributed by atoms with Gasteiger partial charge in [0.15, 0.2) is 0 Å². The van der Waals surface area contributed by atoms with Crippen LogP contribution in [-0.4, -0.2) is 20.9 Å². The van der Waals surface area contributed by atoms with E-state index in [1.807, 2.05) is 0 Å². The summed E-state index contributed by atoms with van der Waals surface area (Å²) in [5, 5.41) is 7.23. The zero-order chi connectivity index (χ0) is 12.3. The maximum absolute atomic E-state index is 13.2. The van der Waals surface area contributed by atoms with Gasteiger partial charge in [-0.25, -0.2) is 17.9 Å². The molecule has 0 aromatic heterocycles. The topological polar surface area (TPSA) is 89.3 Å². The Kier molecular flexibility index (Phi) is 3.61. The van der Waals surface area contributed by atoms with E-state index in [1.165, 1.54) is 0 Å². The molecule has 3 N–H and O–H groups in total. The number of nitrogens with two attached hydrogens (primary N) is 1. The quantitative estimate of drug-likeness (QED) is 0.799. The molecular weight excluding hydrogens is 235 g/mol. The van der Waals surface area contributed by atoms with Gasteiger partial charge in [0.1, 0.15) is 5.82 Å². The van der Waals surface area contributed by atoms with E-state index in [0.29, 0.717) is 6.54 Å². The molecular formula is C9H11FN2O3S. The second kappa shape index (κ2) is 4.58. The minimum Gasteiger partial charge on any atom is -0.352 e. The molecule has 0 unspecified atom stereocenters. The van der Waals surface area contributed by atoms with Crippen LogP contribution in [0.2, 0.25) is 0 Å². The average molecular weight is 246 g/mol. The number of carbonyl (C=O) groups excluding carboxylic acids is 1. The van der Waals surface area contributed by atoms with E-state index in [-0.39, 0.29) is 10.5 Å². The van der Waals surface area contributed by atoms with Crippen molar-refractivity contribution in [2.75, 3.05) is 6.54 Å². The lowest BCUT2D eigenvalue weighted by Crippen LogP contribution is -2.24. The summed E-state index contributed by atoms with van der Waals surface area (Å²) in [5.41, 5.74) is -0.339. The maximum atomic E-state index is 13.2. The van der Waals surface area contributed by atoms with Crippen molar-refractivity contribution < 1.29 is 17.6 Å². The minimum atomic E-state index is -3.94. The summed E-state index contributed by atoms with van der Waals surface area (Å²) in [4.78, 5) is 11.1. The molecule has 1 aromatic rings. The van der Waals surface area contributed by atoms with Crippen LogP contribution in [0.4, 0.5) is 4.39 Å². The monoisotopic (exact) mass is 246 g/mol. The molecule has 88 valence electrons. The number of benzene rings is 1. The van der Waals surface area contributed by atoms with Gasteiger partial charge in [-0.15, -0.1) is 0 Å². The summed E-state index contributed by atoms with van der Waals surface area (Å²) >= 11 is 0. The summed E-state index contributed by atoms with van der Waals surface area (Å²) in [7, 11) is -3.94.